The molecule has 1 aliphatic rings. The van der Waals surface area contributed by atoms with Gasteiger partial charge in [-0.3, -0.25) is 4.79 Å². The quantitative estimate of drug-likeness (QED) is 0.905. The van der Waals surface area contributed by atoms with Crippen LogP contribution >= 0.6 is 15.9 Å². The maximum atomic E-state index is 12.4. The van der Waals surface area contributed by atoms with Crippen LogP contribution < -0.4 is 0 Å². The fraction of sp³-hybridized carbons (Fsp3) is 0.462. The molecule has 1 unspecified atom stereocenters. The van der Waals surface area contributed by atoms with Gasteiger partial charge in [-0.05, 0) is 40.9 Å². The smallest absolute Gasteiger partial charge is 0.326 e. The van der Waals surface area contributed by atoms with Gasteiger partial charge in [-0.25, -0.2) is 9.78 Å². The molecular formula is C13H15BrN2O3. The molecule has 1 aromatic rings. The molecule has 0 spiro atoms. The fourth-order valence-corrected chi connectivity index (χ4v) is 2.49. The monoisotopic (exact) mass is 326 g/mol. The number of hydrogen-bond donors (Lipinski definition) is 1. The first-order valence-corrected chi connectivity index (χ1v) is 7.04. The third kappa shape index (κ3) is 3.32. The van der Waals surface area contributed by atoms with Crippen molar-refractivity contribution in [2.75, 3.05) is 6.54 Å². The highest BCUT2D eigenvalue weighted by molar-refractivity contribution is 9.10. The summed E-state index contributed by atoms with van der Waals surface area (Å²) in [7, 11) is 0. The number of likely N-dealkylation sites (tertiary alicyclic amines) is 1. The number of halogens is 1. The van der Waals surface area contributed by atoms with Crippen molar-refractivity contribution < 1.29 is 14.7 Å². The van der Waals surface area contributed by atoms with Crippen molar-refractivity contribution in [3.63, 3.8) is 0 Å². The Morgan fingerprint density at radius 2 is 2.11 bits per heavy atom. The van der Waals surface area contributed by atoms with E-state index in [4.69, 9.17) is 0 Å². The van der Waals surface area contributed by atoms with E-state index in [2.05, 4.69) is 20.9 Å². The van der Waals surface area contributed by atoms with E-state index < -0.39 is 12.0 Å². The average Bonchev–Trinajstić information content (AvgIpc) is 2.64. The maximum absolute atomic E-state index is 12.4. The lowest BCUT2D eigenvalue weighted by atomic mass is 10.1. The van der Waals surface area contributed by atoms with Crippen molar-refractivity contribution in [1.29, 1.82) is 0 Å². The predicted octanol–water partition coefficient (Wildman–Crippen LogP) is 2.31. The minimum atomic E-state index is -0.938. The summed E-state index contributed by atoms with van der Waals surface area (Å²) >= 11 is 3.26. The molecule has 6 heteroatoms. The van der Waals surface area contributed by atoms with Crippen LogP contribution in [-0.2, 0) is 4.79 Å². The molecule has 1 saturated heterocycles. The first-order valence-electron chi connectivity index (χ1n) is 6.25. The number of aliphatic carboxylic acids is 1. The van der Waals surface area contributed by atoms with Gasteiger partial charge >= 0.3 is 5.97 Å². The van der Waals surface area contributed by atoms with Crippen LogP contribution in [0.15, 0.2) is 22.8 Å². The van der Waals surface area contributed by atoms with Gasteiger partial charge in [-0.2, -0.15) is 0 Å². The second-order valence-corrected chi connectivity index (χ2v) is 5.48. The molecule has 1 fully saturated rings. The summed E-state index contributed by atoms with van der Waals surface area (Å²) in [5, 5.41) is 9.25. The fourth-order valence-electron chi connectivity index (χ4n) is 2.26. The molecule has 1 atom stereocenters. The first kappa shape index (κ1) is 14.0. The molecule has 0 aromatic carbocycles. The van der Waals surface area contributed by atoms with E-state index in [0.717, 1.165) is 23.7 Å². The molecule has 19 heavy (non-hydrogen) atoms. The normalized spacial score (nSPS) is 19.8. The van der Waals surface area contributed by atoms with Crippen LogP contribution in [0.5, 0.6) is 0 Å². The Morgan fingerprint density at radius 1 is 1.32 bits per heavy atom. The van der Waals surface area contributed by atoms with Gasteiger partial charge in [0.05, 0.1) is 0 Å². The number of pyridine rings is 1. The van der Waals surface area contributed by atoms with Gasteiger partial charge in [-0.1, -0.05) is 12.8 Å². The van der Waals surface area contributed by atoms with Gasteiger partial charge in [0.1, 0.15) is 11.7 Å². The second-order valence-electron chi connectivity index (χ2n) is 4.56. The average molecular weight is 327 g/mol. The zero-order chi connectivity index (χ0) is 13.8. The highest BCUT2D eigenvalue weighted by Gasteiger charge is 2.31. The molecule has 1 amide bonds. The van der Waals surface area contributed by atoms with Gasteiger partial charge < -0.3 is 10.0 Å². The SMILES string of the molecule is O=C(O)C1CCCCCN1C(=O)c1ccc(Br)cn1. The summed E-state index contributed by atoms with van der Waals surface area (Å²) in [4.78, 5) is 29.1. The van der Waals surface area contributed by atoms with E-state index in [-0.39, 0.29) is 11.6 Å². The number of aromatic nitrogens is 1. The molecule has 2 rings (SSSR count). The molecule has 5 nitrogen and oxygen atoms in total. The summed E-state index contributed by atoms with van der Waals surface area (Å²) in [6, 6.07) is 2.60. The third-order valence-corrected chi connectivity index (χ3v) is 3.71. The lowest BCUT2D eigenvalue weighted by Crippen LogP contribution is -2.44. The van der Waals surface area contributed by atoms with E-state index in [1.807, 2.05) is 0 Å². The van der Waals surface area contributed by atoms with Gasteiger partial charge in [0.15, 0.2) is 0 Å². The predicted molar refractivity (Wildman–Crippen MR) is 72.9 cm³/mol. The number of carbonyl (C=O) groups is 2. The molecular weight excluding hydrogens is 312 g/mol. The van der Waals surface area contributed by atoms with E-state index in [9.17, 15) is 14.7 Å². The van der Waals surface area contributed by atoms with Crippen LogP contribution in [0.3, 0.4) is 0 Å². The summed E-state index contributed by atoms with van der Waals surface area (Å²) in [6.45, 7) is 0.480. The van der Waals surface area contributed by atoms with Crippen molar-refractivity contribution in [3.05, 3.63) is 28.5 Å². The topological polar surface area (TPSA) is 70.5 Å². The lowest BCUT2D eigenvalue weighted by molar-refractivity contribution is -0.142. The Labute approximate surface area is 119 Å². The van der Waals surface area contributed by atoms with Crippen molar-refractivity contribution in [2.24, 2.45) is 0 Å². The van der Waals surface area contributed by atoms with Crippen LogP contribution in [0.1, 0.15) is 36.2 Å². The number of hydrogen-bond acceptors (Lipinski definition) is 3. The number of carbonyl (C=O) groups excluding carboxylic acids is 1. The summed E-state index contributed by atoms with van der Waals surface area (Å²) < 4.78 is 0.787. The van der Waals surface area contributed by atoms with Gasteiger partial charge in [0.25, 0.3) is 5.91 Å². The molecule has 1 aromatic heterocycles. The number of rotatable bonds is 2. The Hall–Kier alpha value is -1.43. The minimum absolute atomic E-state index is 0.288. The van der Waals surface area contributed by atoms with Crippen molar-refractivity contribution in [3.8, 4) is 0 Å². The van der Waals surface area contributed by atoms with E-state index in [0.29, 0.717) is 13.0 Å². The first-order chi connectivity index (χ1) is 9.09. The Balaban J connectivity index is 2.23. The molecule has 102 valence electrons. The largest absolute Gasteiger partial charge is 0.480 e. The van der Waals surface area contributed by atoms with Crippen molar-refractivity contribution in [2.45, 2.75) is 31.7 Å². The van der Waals surface area contributed by atoms with Gasteiger partial charge in [0, 0.05) is 17.2 Å². The third-order valence-electron chi connectivity index (χ3n) is 3.25. The minimum Gasteiger partial charge on any atom is -0.480 e. The zero-order valence-electron chi connectivity index (χ0n) is 10.4. The summed E-state index contributed by atoms with van der Waals surface area (Å²) in [5.74, 6) is -1.24. The zero-order valence-corrected chi connectivity index (χ0v) is 12.0. The molecule has 0 bridgehead atoms. The van der Waals surface area contributed by atoms with Crippen LogP contribution in [0, 0.1) is 0 Å². The maximum Gasteiger partial charge on any atom is 0.326 e. The highest BCUT2D eigenvalue weighted by atomic mass is 79.9. The Bertz CT molecular complexity index is 475. The Morgan fingerprint density at radius 3 is 2.74 bits per heavy atom. The van der Waals surface area contributed by atoms with Gasteiger partial charge in [0.2, 0.25) is 0 Å². The van der Waals surface area contributed by atoms with Crippen LogP contribution in [0.25, 0.3) is 0 Å². The van der Waals surface area contributed by atoms with Crippen LogP contribution in [-0.4, -0.2) is 39.5 Å². The molecule has 0 saturated carbocycles. The Kier molecular flexibility index (Phi) is 4.52. The summed E-state index contributed by atoms with van der Waals surface area (Å²) in [5.41, 5.74) is 0.288. The number of carboxylic acid groups (broad SMARTS) is 1. The number of carboxylic acids is 1. The number of amides is 1. The van der Waals surface area contributed by atoms with Gasteiger partial charge in [-0.15, -0.1) is 0 Å². The van der Waals surface area contributed by atoms with E-state index in [1.54, 1.807) is 18.3 Å². The highest BCUT2D eigenvalue weighted by Crippen LogP contribution is 2.19. The molecule has 1 aliphatic heterocycles. The second kappa shape index (κ2) is 6.14. The molecule has 1 N–H and O–H groups in total. The number of nitrogens with zero attached hydrogens (tertiary/aromatic N) is 2. The van der Waals surface area contributed by atoms with Crippen molar-refractivity contribution in [1.82, 2.24) is 9.88 Å². The van der Waals surface area contributed by atoms with Crippen molar-refractivity contribution >= 4 is 27.8 Å². The molecule has 0 aliphatic carbocycles. The summed E-state index contributed by atoms with van der Waals surface area (Å²) in [6.07, 6.45) is 4.69. The van der Waals surface area contributed by atoms with E-state index >= 15 is 0 Å². The standard InChI is InChI=1S/C13H15BrN2O3/c14-9-5-6-10(15-8-9)12(17)16-7-3-1-2-4-11(16)13(18)19/h5-6,8,11H,1-4,7H2,(H,18,19). The molecule has 0 radical (unpaired) electrons. The van der Waals surface area contributed by atoms with Crippen LogP contribution in [0.2, 0.25) is 0 Å². The molecule has 2 heterocycles. The van der Waals surface area contributed by atoms with Crippen LogP contribution in [0.4, 0.5) is 0 Å². The van der Waals surface area contributed by atoms with E-state index in [1.165, 1.54) is 4.90 Å². The lowest BCUT2D eigenvalue weighted by Gasteiger charge is -2.26.